The number of hydrogen-bond acceptors (Lipinski definition) is 7. The van der Waals surface area contributed by atoms with Crippen molar-refractivity contribution in [3.05, 3.63) is 59.7 Å². The molecule has 3 fully saturated rings. The van der Waals surface area contributed by atoms with Crippen LogP contribution in [0.5, 0.6) is 0 Å². The third-order valence-electron chi connectivity index (χ3n) is 10.1. The van der Waals surface area contributed by atoms with E-state index in [9.17, 15) is 24.3 Å². The maximum absolute atomic E-state index is 16.2. The van der Waals surface area contributed by atoms with Gasteiger partial charge in [0, 0.05) is 41.9 Å². The number of Topliss-reactive ketones (excluding diaryl/α,β-unsaturated/α-hetero) is 1. The highest BCUT2D eigenvalue weighted by Gasteiger charge is 2.74. The lowest BCUT2D eigenvalue weighted by Crippen LogP contribution is -2.65. The van der Waals surface area contributed by atoms with Gasteiger partial charge >= 0.3 is 11.9 Å². The van der Waals surface area contributed by atoms with Crippen molar-refractivity contribution in [1.82, 2.24) is 0 Å². The number of carbonyl (C=O) groups excluding carboxylic acids is 4. The summed E-state index contributed by atoms with van der Waals surface area (Å²) in [5.41, 5.74) is -2.67. The number of ether oxygens (including phenoxy) is 2. The highest BCUT2D eigenvalue weighted by molar-refractivity contribution is 6.01. The number of ketones is 2. The Balaban J connectivity index is 1.60. The summed E-state index contributed by atoms with van der Waals surface area (Å²) in [5, 5.41) is 11.7. The van der Waals surface area contributed by atoms with Crippen LogP contribution in [0.1, 0.15) is 57.3 Å². The van der Waals surface area contributed by atoms with Gasteiger partial charge in [-0.05, 0) is 43.0 Å². The third-order valence-corrected chi connectivity index (χ3v) is 10.1. The zero-order valence-electron chi connectivity index (χ0n) is 22.7. The molecule has 7 nitrogen and oxygen atoms in total. The SMILES string of the molecule is CC(=O)OCC(=O)[C@@]1(OC(=O)c2ccccc2)C(C)C[C@H]2[C@@H]3C(F)CC4=CC(=O)C=C[C@]4(C)[C@H]3C(O)C[C@@]21C. The van der Waals surface area contributed by atoms with Crippen LogP contribution in [0.2, 0.25) is 0 Å². The van der Waals surface area contributed by atoms with Crippen molar-refractivity contribution in [2.75, 3.05) is 6.61 Å². The molecular weight excluding hydrogens is 503 g/mol. The van der Waals surface area contributed by atoms with Gasteiger partial charge in [0.2, 0.25) is 5.78 Å². The van der Waals surface area contributed by atoms with Crippen LogP contribution < -0.4 is 0 Å². The summed E-state index contributed by atoms with van der Waals surface area (Å²) in [4.78, 5) is 51.2. The van der Waals surface area contributed by atoms with E-state index in [-0.39, 0.29) is 24.2 Å². The molecule has 8 heteroatoms. The van der Waals surface area contributed by atoms with E-state index in [2.05, 4.69) is 0 Å². The predicted octanol–water partition coefficient (Wildman–Crippen LogP) is 4.19. The van der Waals surface area contributed by atoms with E-state index in [4.69, 9.17) is 9.47 Å². The lowest BCUT2D eigenvalue weighted by molar-refractivity contribution is -0.192. The van der Waals surface area contributed by atoms with Crippen LogP contribution in [0.15, 0.2) is 54.1 Å². The molecule has 0 bridgehead atoms. The highest BCUT2D eigenvalue weighted by Crippen LogP contribution is 2.69. The van der Waals surface area contributed by atoms with Gasteiger partial charge in [0.1, 0.15) is 6.17 Å². The number of alkyl halides is 1. The molecule has 0 saturated heterocycles. The first-order valence-corrected chi connectivity index (χ1v) is 13.6. The molecule has 4 aliphatic carbocycles. The number of benzene rings is 1. The van der Waals surface area contributed by atoms with Gasteiger partial charge in [0.05, 0.1) is 11.7 Å². The second kappa shape index (κ2) is 9.51. The maximum atomic E-state index is 16.2. The van der Waals surface area contributed by atoms with Crippen molar-refractivity contribution < 1.29 is 38.1 Å². The molecule has 39 heavy (non-hydrogen) atoms. The van der Waals surface area contributed by atoms with Gasteiger partial charge in [0.15, 0.2) is 18.0 Å². The Kier molecular flexibility index (Phi) is 6.69. The van der Waals surface area contributed by atoms with Crippen LogP contribution in [0, 0.1) is 34.5 Å². The molecule has 1 aromatic carbocycles. The second-order valence-corrected chi connectivity index (χ2v) is 12.1. The molecule has 4 aliphatic rings. The van der Waals surface area contributed by atoms with E-state index < -0.39 is 76.7 Å². The summed E-state index contributed by atoms with van der Waals surface area (Å²) in [7, 11) is 0. The number of esters is 2. The Morgan fingerprint density at radius 1 is 1.15 bits per heavy atom. The van der Waals surface area contributed by atoms with Crippen LogP contribution in [0.25, 0.3) is 0 Å². The smallest absolute Gasteiger partial charge is 0.339 e. The fraction of sp³-hybridized carbons (Fsp3) is 0.548. The van der Waals surface area contributed by atoms with E-state index in [0.29, 0.717) is 12.0 Å². The summed E-state index contributed by atoms with van der Waals surface area (Å²) in [6, 6.07) is 8.30. The van der Waals surface area contributed by atoms with Gasteiger partial charge in [-0.25, -0.2) is 9.18 Å². The number of fused-ring (bicyclic) bond motifs is 5. The third kappa shape index (κ3) is 4.01. The van der Waals surface area contributed by atoms with E-state index >= 15 is 4.39 Å². The quantitative estimate of drug-likeness (QED) is 0.561. The Hall–Kier alpha value is -3.13. The van der Waals surface area contributed by atoms with Gasteiger partial charge < -0.3 is 14.6 Å². The molecule has 5 rings (SSSR count). The average Bonchev–Trinajstić information content (AvgIpc) is 3.10. The molecule has 208 valence electrons. The Bertz CT molecular complexity index is 1270. The van der Waals surface area contributed by atoms with Crippen LogP contribution in [0.3, 0.4) is 0 Å². The summed E-state index contributed by atoms with van der Waals surface area (Å²) < 4.78 is 27.5. The number of hydrogen-bond donors (Lipinski definition) is 1. The van der Waals surface area contributed by atoms with E-state index in [1.165, 1.54) is 19.1 Å². The Morgan fingerprint density at radius 3 is 2.51 bits per heavy atom. The molecule has 0 amide bonds. The van der Waals surface area contributed by atoms with Gasteiger partial charge in [-0.1, -0.05) is 50.6 Å². The van der Waals surface area contributed by atoms with E-state index in [0.717, 1.165) is 0 Å². The first-order valence-electron chi connectivity index (χ1n) is 13.6. The average molecular weight is 539 g/mol. The normalized spacial score (nSPS) is 40.6. The summed E-state index contributed by atoms with van der Waals surface area (Å²) in [6.07, 6.45) is 2.87. The van der Waals surface area contributed by atoms with Gasteiger partial charge in [0.25, 0.3) is 0 Å². The summed E-state index contributed by atoms with van der Waals surface area (Å²) in [5.74, 6) is -4.23. The van der Waals surface area contributed by atoms with Crippen LogP contribution in [0.4, 0.5) is 4.39 Å². The standard InChI is InChI=1S/C31H35FO7/c1-17-12-22-26-23(32)14-20-13-21(34)10-11-29(20,3)27(26)24(35)15-30(22,4)31(17,25(36)16-38-18(2)33)39-28(37)19-8-6-5-7-9-19/h5-11,13,17,22-24,26-27,35H,12,14-16H2,1-4H3/t17?,22-,23?,24?,26+,27-,29-,30-,31-/m0/s1. The van der Waals surface area contributed by atoms with Crippen molar-refractivity contribution >= 4 is 23.5 Å². The van der Waals surface area contributed by atoms with Crippen LogP contribution in [-0.2, 0) is 23.9 Å². The molecule has 0 radical (unpaired) electrons. The number of aliphatic hydroxyl groups is 1. The van der Waals surface area contributed by atoms with Crippen molar-refractivity contribution in [2.45, 2.75) is 64.8 Å². The molecule has 0 aliphatic heterocycles. The van der Waals surface area contributed by atoms with Crippen LogP contribution in [-0.4, -0.2) is 53.1 Å². The molecule has 0 aromatic heterocycles. The largest absolute Gasteiger partial charge is 0.458 e. The topological polar surface area (TPSA) is 107 Å². The first-order chi connectivity index (χ1) is 18.3. The van der Waals surface area contributed by atoms with E-state index in [1.54, 1.807) is 50.3 Å². The number of allylic oxidation sites excluding steroid dienone is 4. The minimum atomic E-state index is -1.75. The number of aliphatic hydroxyl groups excluding tert-OH is 1. The molecule has 9 atom stereocenters. The van der Waals surface area contributed by atoms with E-state index in [1.807, 2.05) is 6.92 Å². The second-order valence-electron chi connectivity index (χ2n) is 12.1. The van der Waals surface area contributed by atoms with Gasteiger partial charge in [-0.2, -0.15) is 0 Å². The Morgan fingerprint density at radius 2 is 1.85 bits per heavy atom. The molecule has 1 aromatic rings. The molecule has 0 heterocycles. The van der Waals surface area contributed by atoms with Crippen molar-refractivity contribution in [3.8, 4) is 0 Å². The predicted molar refractivity (Wildman–Crippen MR) is 139 cm³/mol. The van der Waals surface area contributed by atoms with Crippen molar-refractivity contribution in [3.63, 3.8) is 0 Å². The lowest BCUT2D eigenvalue weighted by Gasteiger charge is -2.60. The molecule has 1 N–H and O–H groups in total. The zero-order valence-corrected chi connectivity index (χ0v) is 22.7. The highest BCUT2D eigenvalue weighted by atomic mass is 19.1. The molecule has 0 spiro atoms. The number of rotatable bonds is 5. The fourth-order valence-electron chi connectivity index (χ4n) is 8.48. The number of carbonyl (C=O) groups is 4. The summed E-state index contributed by atoms with van der Waals surface area (Å²) >= 11 is 0. The maximum Gasteiger partial charge on any atom is 0.339 e. The summed E-state index contributed by atoms with van der Waals surface area (Å²) in [6.45, 7) is 6.13. The van der Waals surface area contributed by atoms with Gasteiger partial charge in [-0.15, -0.1) is 0 Å². The van der Waals surface area contributed by atoms with Crippen molar-refractivity contribution in [1.29, 1.82) is 0 Å². The van der Waals surface area contributed by atoms with Crippen molar-refractivity contribution in [2.24, 2.45) is 34.5 Å². The fourth-order valence-corrected chi connectivity index (χ4v) is 8.48. The minimum Gasteiger partial charge on any atom is -0.458 e. The lowest BCUT2D eigenvalue weighted by atomic mass is 9.45. The minimum absolute atomic E-state index is 0.0552. The Labute approximate surface area is 227 Å². The van der Waals surface area contributed by atoms with Crippen LogP contribution >= 0.6 is 0 Å². The molecular formula is C31H35FO7. The first kappa shape index (κ1) is 27.4. The molecule has 3 saturated carbocycles. The monoisotopic (exact) mass is 538 g/mol. The zero-order chi connectivity index (χ0) is 28.3. The number of halogens is 1. The van der Waals surface area contributed by atoms with Gasteiger partial charge in [-0.3, -0.25) is 14.4 Å². The molecule has 3 unspecified atom stereocenters.